The fraction of sp³-hybridized carbons (Fsp3) is 0.500. The summed E-state index contributed by atoms with van der Waals surface area (Å²) >= 11 is 0. The number of ether oxygens (including phenoxy) is 2. The van der Waals surface area contributed by atoms with Gasteiger partial charge in [0.05, 0.1) is 31.1 Å². The van der Waals surface area contributed by atoms with Crippen molar-refractivity contribution < 1.29 is 18.8 Å². The largest absolute Gasteiger partial charge is 0.379 e. The molecule has 0 aromatic carbocycles. The Morgan fingerprint density at radius 1 is 1.38 bits per heavy atom. The van der Waals surface area contributed by atoms with E-state index in [4.69, 9.17) is 14.0 Å². The van der Waals surface area contributed by atoms with Gasteiger partial charge in [-0.05, 0) is 32.4 Å². The van der Waals surface area contributed by atoms with E-state index in [1.165, 1.54) is 0 Å². The molecule has 8 heteroatoms. The molecular weight excluding hydrogens is 336 g/mol. The SMILES string of the molecule is CNC(=O)c1cccc(N[C@@H]2COCC[C@@H]2OCc2c(C)noc2C)n1. The van der Waals surface area contributed by atoms with E-state index in [0.717, 1.165) is 23.4 Å². The van der Waals surface area contributed by atoms with Gasteiger partial charge in [0.15, 0.2) is 0 Å². The van der Waals surface area contributed by atoms with Crippen molar-refractivity contribution in [3.8, 4) is 0 Å². The molecule has 1 aliphatic heterocycles. The third kappa shape index (κ3) is 4.20. The minimum absolute atomic E-state index is 0.0390. The van der Waals surface area contributed by atoms with Gasteiger partial charge in [0.2, 0.25) is 0 Å². The Balaban J connectivity index is 1.66. The van der Waals surface area contributed by atoms with Gasteiger partial charge in [-0.25, -0.2) is 4.98 Å². The van der Waals surface area contributed by atoms with Crippen molar-refractivity contribution in [2.24, 2.45) is 0 Å². The molecule has 26 heavy (non-hydrogen) atoms. The van der Waals surface area contributed by atoms with Crippen molar-refractivity contribution in [1.82, 2.24) is 15.5 Å². The summed E-state index contributed by atoms with van der Waals surface area (Å²) in [5.74, 6) is 1.17. The lowest BCUT2D eigenvalue weighted by Crippen LogP contribution is -2.44. The third-order valence-corrected chi connectivity index (χ3v) is 4.46. The molecule has 0 saturated carbocycles. The number of rotatable bonds is 6. The highest BCUT2D eigenvalue weighted by atomic mass is 16.5. The summed E-state index contributed by atoms with van der Waals surface area (Å²) in [5.41, 5.74) is 2.19. The number of anilines is 1. The molecule has 8 nitrogen and oxygen atoms in total. The summed E-state index contributed by atoms with van der Waals surface area (Å²) in [6.45, 7) is 5.39. The summed E-state index contributed by atoms with van der Waals surface area (Å²) < 4.78 is 16.9. The smallest absolute Gasteiger partial charge is 0.269 e. The molecule has 0 spiro atoms. The van der Waals surface area contributed by atoms with E-state index in [1.807, 2.05) is 19.9 Å². The number of nitrogens with one attached hydrogen (secondary N) is 2. The fourth-order valence-electron chi connectivity index (χ4n) is 2.91. The third-order valence-electron chi connectivity index (χ3n) is 4.46. The van der Waals surface area contributed by atoms with Gasteiger partial charge in [-0.2, -0.15) is 0 Å². The molecule has 2 aromatic rings. The molecule has 0 aliphatic carbocycles. The Kier molecular flexibility index (Phi) is 5.85. The topological polar surface area (TPSA) is 98.5 Å². The molecule has 3 rings (SSSR count). The first-order valence-corrected chi connectivity index (χ1v) is 8.65. The highest BCUT2D eigenvalue weighted by molar-refractivity contribution is 5.92. The van der Waals surface area contributed by atoms with Crippen molar-refractivity contribution in [2.45, 2.75) is 39.0 Å². The first kappa shape index (κ1) is 18.3. The van der Waals surface area contributed by atoms with Crippen molar-refractivity contribution in [3.63, 3.8) is 0 Å². The second-order valence-electron chi connectivity index (χ2n) is 6.25. The van der Waals surface area contributed by atoms with Crippen LogP contribution >= 0.6 is 0 Å². The maximum atomic E-state index is 11.8. The summed E-state index contributed by atoms with van der Waals surface area (Å²) in [6, 6.07) is 5.24. The molecule has 0 radical (unpaired) electrons. The van der Waals surface area contributed by atoms with Crippen LogP contribution in [0.25, 0.3) is 0 Å². The number of amides is 1. The van der Waals surface area contributed by atoms with Crippen LogP contribution in [0.3, 0.4) is 0 Å². The second kappa shape index (κ2) is 8.29. The summed E-state index contributed by atoms with van der Waals surface area (Å²) in [5, 5.41) is 9.86. The standard InChI is InChI=1S/C18H24N4O4/c1-11-13(12(2)26-22-11)9-25-16-7-8-24-10-15(16)21-17-6-4-5-14(20-17)18(23)19-3/h4-6,15-16H,7-10H2,1-3H3,(H,19,23)(H,20,21)/t15-,16+/m1/s1. The molecule has 2 atom stereocenters. The van der Waals surface area contributed by atoms with Gasteiger partial charge in [0, 0.05) is 19.2 Å². The van der Waals surface area contributed by atoms with Gasteiger partial charge < -0.3 is 24.6 Å². The average Bonchev–Trinajstić information content (AvgIpc) is 2.98. The molecule has 3 heterocycles. The molecule has 2 N–H and O–H groups in total. The average molecular weight is 360 g/mol. The highest BCUT2D eigenvalue weighted by Gasteiger charge is 2.27. The fourth-order valence-corrected chi connectivity index (χ4v) is 2.91. The number of nitrogens with zero attached hydrogens (tertiary/aromatic N) is 2. The molecular formula is C18H24N4O4. The van der Waals surface area contributed by atoms with E-state index in [2.05, 4.69) is 20.8 Å². The molecule has 2 aromatic heterocycles. The van der Waals surface area contributed by atoms with E-state index in [0.29, 0.717) is 31.3 Å². The number of hydrogen-bond acceptors (Lipinski definition) is 7. The quantitative estimate of drug-likeness (QED) is 0.811. The maximum absolute atomic E-state index is 11.8. The number of aromatic nitrogens is 2. The number of aryl methyl sites for hydroxylation is 2. The van der Waals surface area contributed by atoms with Crippen molar-refractivity contribution in [1.29, 1.82) is 0 Å². The Labute approximate surface area is 152 Å². The number of pyridine rings is 1. The monoisotopic (exact) mass is 360 g/mol. The van der Waals surface area contributed by atoms with Crippen LogP contribution in [0.4, 0.5) is 5.82 Å². The van der Waals surface area contributed by atoms with E-state index in [9.17, 15) is 4.79 Å². The van der Waals surface area contributed by atoms with Crippen LogP contribution in [0, 0.1) is 13.8 Å². The molecule has 1 saturated heterocycles. The van der Waals surface area contributed by atoms with Crippen LogP contribution in [0.15, 0.2) is 22.7 Å². The maximum Gasteiger partial charge on any atom is 0.269 e. The van der Waals surface area contributed by atoms with Crippen LogP contribution in [0.1, 0.15) is 33.9 Å². The van der Waals surface area contributed by atoms with Crippen LogP contribution in [0.2, 0.25) is 0 Å². The lowest BCUT2D eigenvalue weighted by Gasteiger charge is -2.32. The normalized spacial score (nSPS) is 20.0. The molecule has 140 valence electrons. The van der Waals surface area contributed by atoms with Gasteiger partial charge in [-0.3, -0.25) is 4.79 Å². The molecule has 1 amide bonds. The Hall–Kier alpha value is -2.45. The van der Waals surface area contributed by atoms with Crippen LogP contribution < -0.4 is 10.6 Å². The van der Waals surface area contributed by atoms with Gasteiger partial charge in [-0.15, -0.1) is 0 Å². The van der Waals surface area contributed by atoms with E-state index in [1.54, 1.807) is 19.2 Å². The Morgan fingerprint density at radius 3 is 2.96 bits per heavy atom. The van der Waals surface area contributed by atoms with E-state index in [-0.39, 0.29) is 18.1 Å². The lowest BCUT2D eigenvalue weighted by molar-refractivity contribution is -0.0482. The minimum atomic E-state index is -0.222. The first-order chi connectivity index (χ1) is 12.6. The van der Waals surface area contributed by atoms with Gasteiger partial charge in [0.25, 0.3) is 5.91 Å². The molecule has 1 aliphatic rings. The van der Waals surface area contributed by atoms with Gasteiger partial charge >= 0.3 is 0 Å². The van der Waals surface area contributed by atoms with Crippen molar-refractivity contribution in [3.05, 3.63) is 40.9 Å². The lowest BCUT2D eigenvalue weighted by atomic mass is 10.1. The highest BCUT2D eigenvalue weighted by Crippen LogP contribution is 2.20. The van der Waals surface area contributed by atoms with Crippen LogP contribution in [0.5, 0.6) is 0 Å². The minimum Gasteiger partial charge on any atom is -0.379 e. The van der Waals surface area contributed by atoms with Crippen molar-refractivity contribution in [2.75, 3.05) is 25.6 Å². The summed E-state index contributed by atoms with van der Waals surface area (Å²) in [6.07, 6.45) is 0.735. The Morgan fingerprint density at radius 2 is 2.23 bits per heavy atom. The summed E-state index contributed by atoms with van der Waals surface area (Å²) in [4.78, 5) is 16.1. The molecule has 0 bridgehead atoms. The second-order valence-corrected chi connectivity index (χ2v) is 6.25. The van der Waals surface area contributed by atoms with Crippen LogP contribution in [-0.2, 0) is 16.1 Å². The van der Waals surface area contributed by atoms with E-state index < -0.39 is 0 Å². The van der Waals surface area contributed by atoms with Crippen LogP contribution in [-0.4, -0.2) is 48.5 Å². The zero-order chi connectivity index (χ0) is 18.5. The molecule has 1 fully saturated rings. The zero-order valence-corrected chi connectivity index (χ0v) is 15.2. The Bertz CT molecular complexity index is 742. The van der Waals surface area contributed by atoms with E-state index >= 15 is 0 Å². The number of hydrogen-bond donors (Lipinski definition) is 2. The predicted molar refractivity (Wildman–Crippen MR) is 95.0 cm³/mol. The first-order valence-electron chi connectivity index (χ1n) is 8.65. The van der Waals surface area contributed by atoms with Gasteiger partial charge in [-0.1, -0.05) is 11.2 Å². The number of carbonyl (C=O) groups excluding carboxylic acids is 1. The molecule has 0 unspecified atom stereocenters. The number of carbonyl (C=O) groups is 1. The van der Waals surface area contributed by atoms with Gasteiger partial charge in [0.1, 0.15) is 17.3 Å². The zero-order valence-electron chi connectivity index (χ0n) is 15.2. The predicted octanol–water partition coefficient (Wildman–Crippen LogP) is 1.83. The van der Waals surface area contributed by atoms with Crippen molar-refractivity contribution >= 4 is 11.7 Å². The summed E-state index contributed by atoms with van der Waals surface area (Å²) in [7, 11) is 1.58.